The summed E-state index contributed by atoms with van der Waals surface area (Å²) in [6.07, 6.45) is 1.64. The third-order valence-electron chi connectivity index (χ3n) is 2.44. The molecule has 0 aliphatic rings. The first-order valence-electron chi connectivity index (χ1n) is 5.28. The van der Waals surface area contributed by atoms with Crippen molar-refractivity contribution in [3.8, 4) is 0 Å². The molecule has 0 bridgehead atoms. The Labute approximate surface area is 100 Å². The number of nitrogens with one attached hydrogen (secondary N) is 1. The Morgan fingerprint density at radius 1 is 1.47 bits per heavy atom. The number of para-hydroxylation sites is 2. The summed E-state index contributed by atoms with van der Waals surface area (Å²) in [5.74, 6) is 0.474. The second kappa shape index (κ2) is 4.75. The maximum atomic E-state index is 11.7. The van der Waals surface area contributed by atoms with E-state index in [4.69, 9.17) is 4.42 Å². The van der Waals surface area contributed by atoms with Crippen molar-refractivity contribution in [3.05, 3.63) is 24.3 Å². The summed E-state index contributed by atoms with van der Waals surface area (Å²) >= 11 is 0. The number of hydrogen-bond donors (Lipinski definition) is 1. The van der Waals surface area contributed by atoms with Gasteiger partial charge in [-0.1, -0.05) is 12.1 Å². The van der Waals surface area contributed by atoms with Crippen LogP contribution in [0.2, 0.25) is 0 Å². The van der Waals surface area contributed by atoms with Crippen molar-refractivity contribution in [1.29, 1.82) is 0 Å². The molecule has 0 radical (unpaired) electrons. The third kappa shape index (κ3) is 2.97. The van der Waals surface area contributed by atoms with Gasteiger partial charge in [0.15, 0.2) is 5.58 Å². The number of fused-ring (bicyclic) bond motifs is 1. The second-order valence-electron chi connectivity index (χ2n) is 3.76. The molecule has 5 nitrogen and oxygen atoms in total. The molecule has 1 atom stereocenters. The maximum Gasteiger partial charge on any atom is 0.295 e. The molecule has 1 aromatic heterocycles. The molecule has 1 heterocycles. The van der Waals surface area contributed by atoms with Gasteiger partial charge in [-0.15, -0.1) is 0 Å². The number of nitrogens with zero attached hydrogens (tertiary/aromatic N) is 2. The van der Waals surface area contributed by atoms with Crippen LogP contribution in [0.1, 0.15) is 0 Å². The van der Waals surface area contributed by atoms with Crippen LogP contribution in [-0.4, -0.2) is 34.8 Å². The zero-order valence-electron chi connectivity index (χ0n) is 9.84. The highest BCUT2D eigenvalue weighted by molar-refractivity contribution is 7.92. The summed E-state index contributed by atoms with van der Waals surface area (Å²) in [6.45, 7) is 0.527. The van der Waals surface area contributed by atoms with Crippen molar-refractivity contribution < 1.29 is 8.63 Å². The SMILES string of the molecule is CN=S(C)(=O)CCNc1nc2ccccc2o1. The van der Waals surface area contributed by atoms with Gasteiger partial charge in [-0.05, 0) is 12.1 Å². The molecule has 0 aliphatic heterocycles. The number of oxazole rings is 1. The molecule has 17 heavy (non-hydrogen) atoms. The Morgan fingerprint density at radius 3 is 2.94 bits per heavy atom. The molecular formula is C11H15N3O2S. The van der Waals surface area contributed by atoms with E-state index in [0.29, 0.717) is 18.3 Å². The molecule has 0 aliphatic carbocycles. The van der Waals surface area contributed by atoms with Crippen LogP contribution in [0, 0.1) is 0 Å². The molecule has 6 heteroatoms. The lowest BCUT2D eigenvalue weighted by atomic mass is 10.3. The van der Waals surface area contributed by atoms with E-state index in [0.717, 1.165) is 11.1 Å². The number of benzene rings is 1. The van der Waals surface area contributed by atoms with Gasteiger partial charge < -0.3 is 9.73 Å². The molecule has 1 N–H and O–H groups in total. The first-order valence-corrected chi connectivity index (χ1v) is 7.37. The fraction of sp³-hybridized carbons (Fsp3) is 0.364. The minimum atomic E-state index is -2.08. The molecule has 0 spiro atoms. The molecule has 0 amide bonds. The van der Waals surface area contributed by atoms with Crippen LogP contribution in [-0.2, 0) is 9.73 Å². The molecule has 92 valence electrons. The number of hydrogen-bond acceptors (Lipinski definition) is 5. The van der Waals surface area contributed by atoms with E-state index in [1.807, 2.05) is 24.3 Å². The van der Waals surface area contributed by atoms with Crippen molar-refractivity contribution in [1.82, 2.24) is 4.98 Å². The molecule has 0 saturated heterocycles. The van der Waals surface area contributed by atoms with Crippen LogP contribution in [0.15, 0.2) is 33.0 Å². The first kappa shape index (κ1) is 11.9. The van der Waals surface area contributed by atoms with Gasteiger partial charge >= 0.3 is 0 Å². The predicted octanol–water partition coefficient (Wildman–Crippen LogP) is 1.97. The maximum absolute atomic E-state index is 11.7. The average Bonchev–Trinajstić information content (AvgIpc) is 2.71. The molecular weight excluding hydrogens is 238 g/mol. The Morgan fingerprint density at radius 2 is 2.24 bits per heavy atom. The van der Waals surface area contributed by atoms with E-state index >= 15 is 0 Å². The van der Waals surface area contributed by atoms with Crippen LogP contribution < -0.4 is 5.32 Å². The van der Waals surface area contributed by atoms with Crippen LogP contribution in [0.3, 0.4) is 0 Å². The van der Waals surface area contributed by atoms with Gasteiger partial charge in [0.25, 0.3) is 6.01 Å². The quantitative estimate of drug-likeness (QED) is 0.904. The Kier molecular flexibility index (Phi) is 3.33. The Hall–Kier alpha value is -1.56. The zero-order chi connectivity index (χ0) is 12.3. The minimum absolute atomic E-state index is 0.456. The van der Waals surface area contributed by atoms with Crippen molar-refractivity contribution in [2.24, 2.45) is 4.36 Å². The number of anilines is 1. The highest BCUT2D eigenvalue weighted by Crippen LogP contribution is 2.17. The van der Waals surface area contributed by atoms with E-state index in [-0.39, 0.29) is 0 Å². The highest BCUT2D eigenvalue weighted by Gasteiger charge is 2.05. The predicted molar refractivity (Wildman–Crippen MR) is 69.8 cm³/mol. The first-order chi connectivity index (χ1) is 8.11. The van der Waals surface area contributed by atoms with Crippen molar-refractivity contribution in [2.75, 3.05) is 30.9 Å². The molecule has 1 unspecified atom stereocenters. The number of aromatic nitrogens is 1. The standard InChI is InChI=1S/C11H15N3O2S/c1-12-17(2,15)8-7-13-11-14-9-5-3-4-6-10(9)16-11/h3-6H,7-8H2,1-2H3,(H,13,14). The number of rotatable bonds is 4. The lowest BCUT2D eigenvalue weighted by molar-refractivity contribution is 0.616. The fourth-order valence-electron chi connectivity index (χ4n) is 1.39. The van der Waals surface area contributed by atoms with E-state index in [2.05, 4.69) is 14.7 Å². The minimum Gasteiger partial charge on any atom is -0.424 e. The summed E-state index contributed by atoms with van der Waals surface area (Å²) < 4.78 is 21.0. The van der Waals surface area contributed by atoms with Crippen LogP contribution in [0.4, 0.5) is 6.01 Å². The lowest BCUT2D eigenvalue weighted by Crippen LogP contribution is -2.14. The summed E-state index contributed by atoms with van der Waals surface area (Å²) in [5.41, 5.74) is 1.56. The Bertz CT molecular complexity index is 593. The highest BCUT2D eigenvalue weighted by atomic mass is 32.2. The molecule has 2 rings (SSSR count). The van der Waals surface area contributed by atoms with Gasteiger partial charge in [0.1, 0.15) is 5.52 Å². The van der Waals surface area contributed by atoms with Crippen molar-refractivity contribution >= 4 is 26.8 Å². The Balaban J connectivity index is 2.02. The zero-order valence-corrected chi connectivity index (χ0v) is 10.7. The van der Waals surface area contributed by atoms with Crippen molar-refractivity contribution in [2.45, 2.75) is 0 Å². The van der Waals surface area contributed by atoms with E-state index < -0.39 is 9.73 Å². The van der Waals surface area contributed by atoms with Crippen LogP contribution in [0.5, 0.6) is 0 Å². The van der Waals surface area contributed by atoms with E-state index in [9.17, 15) is 4.21 Å². The average molecular weight is 253 g/mol. The summed E-state index contributed by atoms with van der Waals surface area (Å²) in [4.78, 5) is 4.26. The molecule has 0 fully saturated rings. The van der Waals surface area contributed by atoms with Crippen LogP contribution in [0.25, 0.3) is 11.1 Å². The monoisotopic (exact) mass is 253 g/mol. The molecule has 2 aromatic rings. The summed E-state index contributed by atoms with van der Waals surface area (Å²) in [7, 11) is -0.505. The second-order valence-corrected chi connectivity index (χ2v) is 6.45. The van der Waals surface area contributed by atoms with Gasteiger partial charge in [-0.25, -0.2) is 8.57 Å². The molecule has 1 aromatic carbocycles. The summed E-state index contributed by atoms with van der Waals surface area (Å²) in [6, 6.07) is 8.00. The lowest BCUT2D eigenvalue weighted by Gasteiger charge is -2.02. The third-order valence-corrected chi connectivity index (χ3v) is 4.17. The van der Waals surface area contributed by atoms with Gasteiger partial charge in [0.05, 0.1) is 0 Å². The van der Waals surface area contributed by atoms with Crippen LogP contribution >= 0.6 is 0 Å². The summed E-state index contributed by atoms with van der Waals surface area (Å²) in [5, 5.41) is 3.01. The van der Waals surface area contributed by atoms with Gasteiger partial charge in [0.2, 0.25) is 0 Å². The topological polar surface area (TPSA) is 67.5 Å². The van der Waals surface area contributed by atoms with Gasteiger partial charge in [-0.2, -0.15) is 4.98 Å². The fourth-order valence-corrected chi connectivity index (χ4v) is 2.05. The van der Waals surface area contributed by atoms with Gasteiger partial charge in [0, 0.05) is 35.3 Å². The largest absolute Gasteiger partial charge is 0.424 e. The smallest absolute Gasteiger partial charge is 0.295 e. The van der Waals surface area contributed by atoms with Gasteiger partial charge in [-0.3, -0.25) is 0 Å². The molecule has 0 saturated carbocycles. The van der Waals surface area contributed by atoms with E-state index in [1.54, 1.807) is 13.3 Å². The van der Waals surface area contributed by atoms with E-state index in [1.165, 1.54) is 0 Å². The van der Waals surface area contributed by atoms with Crippen molar-refractivity contribution in [3.63, 3.8) is 0 Å². The normalized spacial score (nSPS) is 14.5.